The van der Waals surface area contributed by atoms with Gasteiger partial charge in [-0.05, 0) is 0 Å². The molecule has 17 heavy (non-hydrogen) atoms. The second-order valence-corrected chi connectivity index (χ2v) is 3.17. The zero-order chi connectivity index (χ0) is 12.8. The van der Waals surface area contributed by atoms with Gasteiger partial charge in [-0.1, -0.05) is 0 Å². The molecule has 0 aliphatic carbocycles. The lowest BCUT2D eigenvalue weighted by atomic mass is 10.2. The number of aromatic carboxylic acids is 1. The highest BCUT2D eigenvalue weighted by molar-refractivity contribution is 5.91. The molecule has 2 N–H and O–H groups in total. The second kappa shape index (κ2) is 5.95. The van der Waals surface area contributed by atoms with Crippen molar-refractivity contribution in [1.82, 2.24) is 0 Å². The molecule has 0 saturated heterocycles. The number of carboxylic acids is 1. The molecule has 0 aliphatic heterocycles. The number of rotatable bonds is 6. The predicted octanol–water partition coefficient (Wildman–Crippen LogP) is 1.12. The summed E-state index contributed by atoms with van der Waals surface area (Å²) in [5.41, 5.74) is -0.235. The zero-order valence-electron chi connectivity index (χ0n) is 9.60. The highest BCUT2D eigenvalue weighted by atomic mass is 16.5. The van der Waals surface area contributed by atoms with E-state index in [1.54, 1.807) is 0 Å². The van der Waals surface area contributed by atoms with Crippen LogP contribution in [0.1, 0.15) is 10.4 Å². The summed E-state index contributed by atoms with van der Waals surface area (Å²) >= 11 is 0. The number of carboxylic acid groups (broad SMARTS) is 1. The van der Waals surface area contributed by atoms with Crippen LogP contribution in [-0.2, 0) is 4.74 Å². The van der Waals surface area contributed by atoms with Gasteiger partial charge in [-0.25, -0.2) is 4.79 Å². The highest BCUT2D eigenvalue weighted by Crippen LogP contribution is 2.34. The van der Waals surface area contributed by atoms with Crippen LogP contribution in [0.5, 0.6) is 17.2 Å². The summed E-state index contributed by atoms with van der Waals surface area (Å²) in [6.45, 7) is 0.656. The third-order valence-corrected chi connectivity index (χ3v) is 2.06. The molecule has 1 aromatic carbocycles. The summed E-state index contributed by atoms with van der Waals surface area (Å²) < 4.78 is 15.1. The normalized spacial score (nSPS) is 10.0. The van der Waals surface area contributed by atoms with Crippen molar-refractivity contribution in [2.24, 2.45) is 0 Å². The highest BCUT2D eigenvalue weighted by Gasteiger charge is 2.15. The lowest BCUT2D eigenvalue weighted by Gasteiger charge is -2.12. The topological polar surface area (TPSA) is 85.2 Å². The van der Waals surface area contributed by atoms with Gasteiger partial charge in [0.15, 0.2) is 11.5 Å². The van der Waals surface area contributed by atoms with Crippen molar-refractivity contribution in [2.75, 3.05) is 27.4 Å². The zero-order valence-corrected chi connectivity index (χ0v) is 9.60. The Morgan fingerprint density at radius 1 is 1.24 bits per heavy atom. The fraction of sp³-hybridized carbons (Fsp3) is 0.364. The van der Waals surface area contributed by atoms with Crippen LogP contribution < -0.4 is 9.47 Å². The molecular weight excluding hydrogens is 228 g/mol. The largest absolute Gasteiger partial charge is 0.507 e. The first-order valence-corrected chi connectivity index (χ1v) is 4.86. The van der Waals surface area contributed by atoms with Gasteiger partial charge in [-0.15, -0.1) is 0 Å². The van der Waals surface area contributed by atoms with E-state index in [4.69, 9.17) is 19.3 Å². The Labute approximate surface area is 98.3 Å². The average Bonchev–Trinajstić information content (AvgIpc) is 2.29. The van der Waals surface area contributed by atoms with E-state index >= 15 is 0 Å². The summed E-state index contributed by atoms with van der Waals surface area (Å²) in [7, 11) is 2.92. The lowest BCUT2D eigenvalue weighted by Crippen LogP contribution is -2.06. The van der Waals surface area contributed by atoms with Gasteiger partial charge in [0.05, 0.1) is 13.7 Å². The number of aromatic hydroxyl groups is 1. The molecule has 0 heterocycles. The molecule has 0 spiro atoms. The maximum Gasteiger partial charge on any atom is 0.339 e. The summed E-state index contributed by atoms with van der Waals surface area (Å²) in [6, 6.07) is 2.41. The number of methoxy groups -OCH3 is 2. The quantitative estimate of drug-likeness (QED) is 0.727. The number of phenols is 1. The minimum atomic E-state index is -1.23. The molecule has 6 nitrogen and oxygen atoms in total. The number of hydrogen-bond acceptors (Lipinski definition) is 5. The van der Waals surface area contributed by atoms with Crippen LogP contribution in [0.15, 0.2) is 12.1 Å². The second-order valence-electron chi connectivity index (χ2n) is 3.17. The summed E-state index contributed by atoms with van der Waals surface area (Å²) in [5, 5.41) is 18.3. The maximum absolute atomic E-state index is 10.8. The minimum absolute atomic E-state index is 0.235. The van der Waals surface area contributed by atoms with E-state index in [1.165, 1.54) is 26.4 Å². The monoisotopic (exact) mass is 242 g/mol. The number of carbonyl (C=O) groups is 1. The summed E-state index contributed by atoms with van der Waals surface area (Å²) in [5.74, 6) is -1.08. The van der Waals surface area contributed by atoms with Crippen LogP contribution in [0.4, 0.5) is 0 Å². The lowest BCUT2D eigenvalue weighted by molar-refractivity contribution is 0.0693. The fourth-order valence-electron chi connectivity index (χ4n) is 1.23. The van der Waals surface area contributed by atoms with Crippen molar-refractivity contribution in [2.45, 2.75) is 0 Å². The van der Waals surface area contributed by atoms with Crippen LogP contribution in [-0.4, -0.2) is 43.6 Å². The third kappa shape index (κ3) is 3.25. The number of hydrogen-bond donors (Lipinski definition) is 2. The van der Waals surface area contributed by atoms with Crippen LogP contribution in [0.25, 0.3) is 0 Å². The van der Waals surface area contributed by atoms with Crippen LogP contribution in [0.3, 0.4) is 0 Å². The van der Waals surface area contributed by atoms with E-state index in [0.717, 1.165) is 0 Å². The van der Waals surface area contributed by atoms with Crippen molar-refractivity contribution in [3.8, 4) is 17.2 Å². The molecular formula is C11H14O6. The Kier molecular flexibility index (Phi) is 4.59. The molecule has 6 heteroatoms. The molecule has 0 atom stereocenters. The van der Waals surface area contributed by atoms with Crippen molar-refractivity contribution < 1.29 is 29.2 Å². The fourth-order valence-corrected chi connectivity index (χ4v) is 1.23. The molecule has 0 saturated carbocycles. The first kappa shape index (κ1) is 13.1. The average molecular weight is 242 g/mol. The van der Waals surface area contributed by atoms with E-state index in [9.17, 15) is 9.90 Å². The van der Waals surface area contributed by atoms with Crippen molar-refractivity contribution >= 4 is 5.97 Å². The molecule has 0 fully saturated rings. The SMILES string of the molecule is COCCOc1cc(O)c(C(=O)O)cc1OC. The maximum atomic E-state index is 10.8. The molecule has 0 aliphatic rings. The van der Waals surface area contributed by atoms with Gasteiger partial charge < -0.3 is 24.4 Å². The molecule has 1 rings (SSSR count). The number of ether oxygens (including phenoxy) is 3. The third-order valence-electron chi connectivity index (χ3n) is 2.06. The van der Waals surface area contributed by atoms with Crippen LogP contribution in [0.2, 0.25) is 0 Å². The van der Waals surface area contributed by atoms with E-state index < -0.39 is 5.97 Å². The van der Waals surface area contributed by atoms with E-state index in [0.29, 0.717) is 6.61 Å². The van der Waals surface area contributed by atoms with Gasteiger partial charge >= 0.3 is 5.97 Å². The van der Waals surface area contributed by atoms with Gasteiger partial charge in [0, 0.05) is 19.2 Å². The Morgan fingerprint density at radius 3 is 2.47 bits per heavy atom. The van der Waals surface area contributed by atoms with Crippen LogP contribution in [0, 0.1) is 0 Å². The van der Waals surface area contributed by atoms with E-state index in [1.807, 2.05) is 0 Å². The first-order valence-electron chi connectivity index (χ1n) is 4.86. The Balaban J connectivity index is 2.97. The van der Waals surface area contributed by atoms with Crippen molar-refractivity contribution in [3.05, 3.63) is 17.7 Å². The van der Waals surface area contributed by atoms with Crippen LogP contribution >= 0.6 is 0 Å². The molecule has 1 aromatic rings. The smallest absolute Gasteiger partial charge is 0.339 e. The van der Waals surface area contributed by atoms with E-state index in [2.05, 4.69) is 0 Å². The molecule has 0 bridgehead atoms. The Morgan fingerprint density at radius 2 is 1.94 bits per heavy atom. The number of benzene rings is 1. The van der Waals surface area contributed by atoms with Crippen molar-refractivity contribution in [1.29, 1.82) is 0 Å². The Hall–Kier alpha value is -1.95. The van der Waals surface area contributed by atoms with Gasteiger partial charge in [0.25, 0.3) is 0 Å². The molecule has 0 unspecified atom stereocenters. The van der Waals surface area contributed by atoms with Gasteiger partial charge in [-0.2, -0.15) is 0 Å². The summed E-state index contributed by atoms with van der Waals surface area (Å²) in [6.07, 6.45) is 0. The molecule has 94 valence electrons. The van der Waals surface area contributed by atoms with Crippen molar-refractivity contribution in [3.63, 3.8) is 0 Å². The predicted molar refractivity (Wildman–Crippen MR) is 59.0 cm³/mol. The molecule has 0 aromatic heterocycles. The van der Waals surface area contributed by atoms with E-state index in [-0.39, 0.29) is 29.4 Å². The Bertz CT molecular complexity index is 401. The molecule has 0 amide bonds. The summed E-state index contributed by atoms with van der Waals surface area (Å²) in [4.78, 5) is 10.8. The standard InChI is InChI=1S/C11H14O6/c1-15-3-4-17-10-6-8(12)7(11(13)14)5-9(10)16-2/h5-6,12H,3-4H2,1-2H3,(H,13,14). The van der Waals surface area contributed by atoms with Gasteiger partial charge in [0.2, 0.25) is 0 Å². The first-order chi connectivity index (χ1) is 8.10. The van der Waals surface area contributed by atoms with Gasteiger partial charge in [0.1, 0.15) is 17.9 Å². The molecule has 0 radical (unpaired) electrons. The minimum Gasteiger partial charge on any atom is -0.507 e. The van der Waals surface area contributed by atoms with Gasteiger partial charge in [-0.3, -0.25) is 0 Å².